The van der Waals surface area contributed by atoms with E-state index in [0.717, 1.165) is 0 Å². The molecule has 1 N–H and O–H groups in total. The van der Waals surface area contributed by atoms with Crippen LogP contribution in [0.2, 0.25) is 0 Å². The van der Waals surface area contributed by atoms with E-state index in [1.165, 1.54) is 20.5 Å². The normalized spacial score (nSPS) is 10.6. The summed E-state index contributed by atoms with van der Waals surface area (Å²) in [6.45, 7) is 4.25. The first-order valence-electron chi connectivity index (χ1n) is 3.01. The lowest BCUT2D eigenvalue weighted by molar-refractivity contribution is 0.416. The quantitative estimate of drug-likeness (QED) is 0.590. The fourth-order valence-corrected chi connectivity index (χ4v) is 0. The molecule has 0 rings (SSSR count). The third-order valence-corrected chi connectivity index (χ3v) is 1.38. The van der Waals surface area contributed by atoms with Gasteiger partial charge in [-0.3, -0.25) is 4.55 Å². The van der Waals surface area contributed by atoms with Crippen LogP contribution >= 0.6 is 0 Å². The molecule has 5 heteroatoms. The summed E-state index contributed by atoms with van der Waals surface area (Å²) in [5, 5.41) is 0. The topological polar surface area (TPSA) is 57.6 Å². The van der Waals surface area contributed by atoms with E-state index < -0.39 is 10.3 Å². The Morgan fingerprint density at radius 3 is 1.40 bits per heavy atom. The number of nitrogens with zero attached hydrogens (tertiary/aromatic N) is 1. The van der Waals surface area contributed by atoms with Gasteiger partial charge in [0.1, 0.15) is 0 Å². The summed E-state index contributed by atoms with van der Waals surface area (Å²) in [6, 6.07) is 0. The SMILES string of the molecule is CCC.CN(C)S(=O)(=O)O. The highest BCUT2D eigenvalue weighted by molar-refractivity contribution is 7.83. The van der Waals surface area contributed by atoms with Crippen LogP contribution in [-0.2, 0) is 10.3 Å². The molecule has 0 aromatic carbocycles. The second kappa shape index (κ2) is 5.64. The van der Waals surface area contributed by atoms with Crippen molar-refractivity contribution >= 4 is 10.3 Å². The first-order chi connectivity index (χ1) is 4.36. The van der Waals surface area contributed by atoms with Gasteiger partial charge in [0.25, 0.3) is 0 Å². The van der Waals surface area contributed by atoms with E-state index in [9.17, 15) is 8.42 Å². The van der Waals surface area contributed by atoms with E-state index in [4.69, 9.17) is 4.55 Å². The lowest BCUT2D eigenvalue weighted by Crippen LogP contribution is -2.20. The van der Waals surface area contributed by atoms with Gasteiger partial charge in [-0.25, -0.2) is 0 Å². The molecule has 0 atom stereocenters. The molecule has 0 aromatic rings. The van der Waals surface area contributed by atoms with Crippen LogP contribution in [0.15, 0.2) is 0 Å². The van der Waals surface area contributed by atoms with Crippen LogP contribution in [0.3, 0.4) is 0 Å². The van der Waals surface area contributed by atoms with Crippen LogP contribution < -0.4 is 0 Å². The number of hydrogen-bond acceptors (Lipinski definition) is 2. The molecule has 0 aromatic heterocycles. The van der Waals surface area contributed by atoms with Crippen molar-refractivity contribution in [3.63, 3.8) is 0 Å². The van der Waals surface area contributed by atoms with Crippen LogP contribution in [0.5, 0.6) is 0 Å². The second-order valence-electron chi connectivity index (χ2n) is 1.97. The highest BCUT2D eigenvalue weighted by Crippen LogP contribution is 1.82. The standard InChI is InChI=1S/C3H8.C2H7NO3S/c1-3-2;1-3(2)7(4,5)6/h3H2,1-2H3;1-2H3,(H,4,5,6). The third kappa shape index (κ3) is 10.8. The van der Waals surface area contributed by atoms with E-state index in [-0.39, 0.29) is 0 Å². The van der Waals surface area contributed by atoms with Crippen LogP contribution in [-0.4, -0.2) is 31.4 Å². The summed E-state index contributed by atoms with van der Waals surface area (Å²) < 4.78 is 28.3. The first kappa shape index (κ1) is 12.5. The van der Waals surface area contributed by atoms with Gasteiger partial charge in [-0.1, -0.05) is 20.3 Å². The molecular formula is C5H15NO3S. The Kier molecular flexibility index (Phi) is 7.07. The molecule has 0 aliphatic heterocycles. The van der Waals surface area contributed by atoms with Gasteiger partial charge in [0.05, 0.1) is 0 Å². The second-order valence-corrected chi connectivity index (χ2v) is 3.59. The lowest BCUT2D eigenvalue weighted by atomic mass is 10.6. The molecule has 0 aliphatic rings. The minimum atomic E-state index is -3.91. The molecule has 0 spiro atoms. The van der Waals surface area contributed by atoms with Gasteiger partial charge in [-0.15, -0.1) is 0 Å². The Hall–Kier alpha value is -0.130. The van der Waals surface area contributed by atoms with Crippen molar-refractivity contribution in [2.24, 2.45) is 0 Å². The van der Waals surface area contributed by atoms with Crippen molar-refractivity contribution in [2.75, 3.05) is 14.1 Å². The molecule has 0 aliphatic carbocycles. The van der Waals surface area contributed by atoms with Crippen LogP contribution in [0.4, 0.5) is 0 Å². The highest BCUT2D eigenvalue weighted by Gasteiger charge is 2.03. The summed E-state index contributed by atoms with van der Waals surface area (Å²) in [5.41, 5.74) is 0. The summed E-state index contributed by atoms with van der Waals surface area (Å²) in [7, 11) is -1.42. The van der Waals surface area contributed by atoms with Crippen molar-refractivity contribution in [3.8, 4) is 0 Å². The van der Waals surface area contributed by atoms with Gasteiger partial charge in [-0.2, -0.15) is 12.7 Å². The molecule has 0 unspecified atom stereocenters. The smallest absolute Gasteiger partial charge is 0.273 e. The molecule has 0 fully saturated rings. The molecule has 0 bridgehead atoms. The Bertz CT molecular complexity index is 150. The zero-order valence-corrected chi connectivity index (χ0v) is 7.64. The molecule has 0 radical (unpaired) electrons. The Labute approximate surface area is 62.7 Å². The number of rotatable bonds is 1. The summed E-state index contributed by atoms with van der Waals surface area (Å²) in [4.78, 5) is 0. The Morgan fingerprint density at radius 2 is 1.40 bits per heavy atom. The molecule has 0 amide bonds. The minimum absolute atomic E-state index is 0.715. The van der Waals surface area contributed by atoms with Crippen LogP contribution in [0.25, 0.3) is 0 Å². The van der Waals surface area contributed by atoms with Gasteiger partial charge >= 0.3 is 10.3 Å². The Morgan fingerprint density at radius 1 is 1.30 bits per heavy atom. The fourth-order valence-electron chi connectivity index (χ4n) is 0. The van der Waals surface area contributed by atoms with Crippen molar-refractivity contribution in [1.82, 2.24) is 4.31 Å². The summed E-state index contributed by atoms with van der Waals surface area (Å²) in [5.74, 6) is 0. The average Bonchev–Trinajstić information content (AvgIpc) is 1.64. The maximum Gasteiger partial charge on any atom is 0.335 e. The predicted octanol–water partition coefficient (Wildman–Crippen LogP) is 0.767. The monoisotopic (exact) mass is 169 g/mol. The highest BCUT2D eigenvalue weighted by atomic mass is 32.2. The molecular weight excluding hydrogens is 154 g/mol. The van der Waals surface area contributed by atoms with Gasteiger partial charge in [0.15, 0.2) is 0 Å². The Balaban J connectivity index is 0. The summed E-state index contributed by atoms with van der Waals surface area (Å²) >= 11 is 0. The molecule has 4 nitrogen and oxygen atoms in total. The molecule has 0 saturated carbocycles. The van der Waals surface area contributed by atoms with Crippen molar-refractivity contribution in [1.29, 1.82) is 0 Å². The molecule has 64 valence electrons. The third-order valence-electron chi connectivity index (χ3n) is 0.461. The van der Waals surface area contributed by atoms with Crippen LogP contribution in [0.1, 0.15) is 20.3 Å². The predicted molar refractivity (Wildman–Crippen MR) is 41.2 cm³/mol. The van der Waals surface area contributed by atoms with E-state index in [1.807, 2.05) is 0 Å². The molecule has 10 heavy (non-hydrogen) atoms. The summed E-state index contributed by atoms with van der Waals surface area (Å²) in [6.07, 6.45) is 1.25. The first-order valence-corrected chi connectivity index (χ1v) is 4.40. The van der Waals surface area contributed by atoms with Crippen molar-refractivity contribution in [3.05, 3.63) is 0 Å². The molecule has 0 saturated heterocycles. The van der Waals surface area contributed by atoms with Gasteiger partial charge in [-0.05, 0) is 0 Å². The zero-order chi connectivity index (χ0) is 8.78. The van der Waals surface area contributed by atoms with Crippen LogP contribution in [0, 0.1) is 0 Å². The van der Waals surface area contributed by atoms with E-state index in [2.05, 4.69) is 13.8 Å². The van der Waals surface area contributed by atoms with Crippen molar-refractivity contribution < 1.29 is 13.0 Å². The van der Waals surface area contributed by atoms with E-state index >= 15 is 0 Å². The fraction of sp³-hybridized carbons (Fsp3) is 1.00. The minimum Gasteiger partial charge on any atom is -0.273 e. The van der Waals surface area contributed by atoms with Gasteiger partial charge in [0, 0.05) is 14.1 Å². The maximum atomic E-state index is 9.81. The molecule has 0 heterocycles. The van der Waals surface area contributed by atoms with E-state index in [0.29, 0.717) is 4.31 Å². The maximum absolute atomic E-state index is 9.81. The van der Waals surface area contributed by atoms with Gasteiger partial charge < -0.3 is 0 Å². The largest absolute Gasteiger partial charge is 0.335 e. The van der Waals surface area contributed by atoms with Gasteiger partial charge in [0.2, 0.25) is 0 Å². The zero-order valence-electron chi connectivity index (χ0n) is 6.83. The van der Waals surface area contributed by atoms with Crippen molar-refractivity contribution in [2.45, 2.75) is 20.3 Å². The average molecular weight is 169 g/mol. The van der Waals surface area contributed by atoms with E-state index in [1.54, 1.807) is 0 Å². The number of hydrogen-bond donors (Lipinski definition) is 1. The lowest BCUT2D eigenvalue weighted by Gasteiger charge is -2.00.